The van der Waals surface area contributed by atoms with Gasteiger partial charge in [0.05, 0.1) is 12.5 Å². The second-order valence-corrected chi connectivity index (χ2v) is 6.82. The first kappa shape index (κ1) is 16.6. The Hall–Kier alpha value is -0.760. The van der Waals surface area contributed by atoms with Crippen molar-refractivity contribution >= 4 is 0 Å². The number of hydrogen-bond acceptors (Lipinski definition) is 2. The van der Waals surface area contributed by atoms with Gasteiger partial charge >= 0.3 is 0 Å². The predicted molar refractivity (Wildman–Crippen MR) is 89.5 cm³/mol. The zero-order valence-electron chi connectivity index (χ0n) is 13.9. The Kier molecular flexibility index (Phi) is 7.35. The summed E-state index contributed by atoms with van der Waals surface area (Å²) in [6.45, 7) is 5.70. The molecule has 0 aliphatic heterocycles. The van der Waals surface area contributed by atoms with Gasteiger partial charge in [-0.25, -0.2) is 0 Å². The molecule has 1 aliphatic rings. The van der Waals surface area contributed by atoms with E-state index in [1.54, 1.807) is 6.26 Å². The molecule has 0 bridgehead atoms. The molecule has 1 fully saturated rings. The van der Waals surface area contributed by atoms with E-state index in [1.165, 1.54) is 56.9 Å². The summed E-state index contributed by atoms with van der Waals surface area (Å²) >= 11 is 0. The first-order chi connectivity index (χ1) is 10.3. The Bertz CT molecular complexity index is 352. The van der Waals surface area contributed by atoms with Gasteiger partial charge in [0, 0.05) is 6.04 Å². The fraction of sp³-hybridized carbons (Fsp3) is 0.789. The van der Waals surface area contributed by atoms with Crippen LogP contribution in [0.3, 0.4) is 0 Å². The van der Waals surface area contributed by atoms with Crippen molar-refractivity contribution in [3.63, 3.8) is 0 Å². The van der Waals surface area contributed by atoms with E-state index >= 15 is 0 Å². The van der Waals surface area contributed by atoms with E-state index in [-0.39, 0.29) is 0 Å². The summed E-state index contributed by atoms with van der Waals surface area (Å²) < 4.78 is 5.24. The number of unbranched alkanes of at least 4 members (excludes halogenated alkanes) is 1. The van der Waals surface area contributed by atoms with E-state index in [9.17, 15) is 0 Å². The van der Waals surface area contributed by atoms with Crippen molar-refractivity contribution in [2.75, 3.05) is 6.54 Å². The quantitative estimate of drug-likeness (QED) is 0.677. The van der Waals surface area contributed by atoms with Crippen molar-refractivity contribution in [2.45, 2.75) is 77.7 Å². The highest BCUT2D eigenvalue weighted by Gasteiger charge is 2.27. The van der Waals surface area contributed by atoms with Gasteiger partial charge in [-0.2, -0.15) is 0 Å². The summed E-state index contributed by atoms with van der Waals surface area (Å²) in [5.41, 5.74) is 1.34. The molecule has 1 N–H and O–H groups in total. The maximum absolute atomic E-state index is 5.24. The van der Waals surface area contributed by atoms with Crippen molar-refractivity contribution < 1.29 is 4.42 Å². The lowest BCUT2D eigenvalue weighted by atomic mass is 9.75. The largest absolute Gasteiger partial charge is 0.472 e. The molecule has 1 aliphatic carbocycles. The summed E-state index contributed by atoms with van der Waals surface area (Å²) in [5, 5.41) is 3.79. The molecule has 2 rings (SSSR count). The van der Waals surface area contributed by atoms with Crippen molar-refractivity contribution in [1.29, 1.82) is 0 Å². The summed E-state index contributed by atoms with van der Waals surface area (Å²) in [4.78, 5) is 0. The molecule has 0 aromatic carbocycles. The standard InChI is InChI=1S/C19H33NO/c1-3-5-6-16-7-9-18(10-8-16)19(20-12-4-2)14-17-11-13-21-15-17/h11,13,15-16,18-20H,3-10,12,14H2,1-2H3. The summed E-state index contributed by atoms with van der Waals surface area (Å²) in [7, 11) is 0. The number of nitrogens with one attached hydrogen (secondary N) is 1. The van der Waals surface area contributed by atoms with Crippen LogP contribution in [0.5, 0.6) is 0 Å². The lowest BCUT2D eigenvalue weighted by Gasteiger charge is -2.34. The molecule has 1 aromatic rings. The molecule has 1 heterocycles. The molecule has 120 valence electrons. The van der Waals surface area contributed by atoms with E-state index < -0.39 is 0 Å². The van der Waals surface area contributed by atoms with Gasteiger partial charge in [-0.3, -0.25) is 0 Å². The van der Waals surface area contributed by atoms with Crippen molar-refractivity contribution in [3.05, 3.63) is 24.2 Å². The van der Waals surface area contributed by atoms with Gasteiger partial charge in [-0.1, -0.05) is 46.0 Å². The predicted octanol–water partition coefficient (Wildman–Crippen LogP) is 5.19. The lowest BCUT2D eigenvalue weighted by molar-refractivity contribution is 0.211. The Morgan fingerprint density at radius 3 is 2.62 bits per heavy atom. The van der Waals surface area contributed by atoms with Gasteiger partial charge in [0.15, 0.2) is 0 Å². The second-order valence-electron chi connectivity index (χ2n) is 6.82. The molecule has 2 heteroatoms. The molecule has 21 heavy (non-hydrogen) atoms. The van der Waals surface area contributed by atoms with Crippen LogP contribution in [0.15, 0.2) is 23.0 Å². The van der Waals surface area contributed by atoms with Crippen LogP contribution in [0, 0.1) is 11.8 Å². The highest BCUT2D eigenvalue weighted by Crippen LogP contribution is 2.34. The first-order valence-electron chi connectivity index (χ1n) is 9.07. The smallest absolute Gasteiger partial charge is 0.0935 e. The Morgan fingerprint density at radius 2 is 2.00 bits per heavy atom. The van der Waals surface area contributed by atoms with E-state index in [2.05, 4.69) is 25.2 Å². The van der Waals surface area contributed by atoms with E-state index in [1.807, 2.05) is 6.26 Å². The maximum atomic E-state index is 5.24. The van der Waals surface area contributed by atoms with Gasteiger partial charge in [-0.05, 0) is 55.7 Å². The highest BCUT2D eigenvalue weighted by atomic mass is 16.3. The molecular weight excluding hydrogens is 258 g/mol. The molecule has 0 amide bonds. The van der Waals surface area contributed by atoms with Gasteiger partial charge < -0.3 is 9.73 Å². The third-order valence-electron chi connectivity index (χ3n) is 5.12. The monoisotopic (exact) mass is 291 g/mol. The van der Waals surface area contributed by atoms with Crippen LogP contribution < -0.4 is 5.32 Å². The van der Waals surface area contributed by atoms with Crippen LogP contribution in [-0.4, -0.2) is 12.6 Å². The first-order valence-corrected chi connectivity index (χ1v) is 9.07. The molecule has 1 unspecified atom stereocenters. The van der Waals surface area contributed by atoms with Gasteiger partial charge in [0.1, 0.15) is 0 Å². The molecule has 0 spiro atoms. The minimum absolute atomic E-state index is 0.634. The SMILES string of the molecule is CCCCC1CCC(C(Cc2ccoc2)NCCC)CC1. The van der Waals surface area contributed by atoms with E-state index in [0.717, 1.165) is 24.8 Å². The summed E-state index contributed by atoms with van der Waals surface area (Å²) in [5.74, 6) is 1.85. The molecule has 0 radical (unpaired) electrons. The minimum Gasteiger partial charge on any atom is -0.472 e. The summed E-state index contributed by atoms with van der Waals surface area (Å²) in [6, 6.07) is 2.75. The molecule has 2 nitrogen and oxygen atoms in total. The average molecular weight is 291 g/mol. The number of furan rings is 1. The number of hydrogen-bond donors (Lipinski definition) is 1. The van der Waals surface area contributed by atoms with Crippen LogP contribution in [0.2, 0.25) is 0 Å². The number of rotatable bonds is 9. The zero-order chi connectivity index (χ0) is 14.9. The Morgan fingerprint density at radius 1 is 1.19 bits per heavy atom. The third-order valence-corrected chi connectivity index (χ3v) is 5.12. The van der Waals surface area contributed by atoms with Crippen molar-refractivity contribution in [3.8, 4) is 0 Å². The average Bonchev–Trinajstić information content (AvgIpc) is 3.03. The molecule has 1 aromatic heterocycles. The Labute approximate surface area is 130 Å². The molecule has 0 saturated heterocycles. The van der Waals surface area contributed by atoms with Crippen molar-refractivity contribution in [1.82, 2.24) is 5.32 Å². The zero-order valence-corrected chi connectivity index (χ0v) is 13.9. The van der Waals surface area contributed by atoms with Crippen LogP contribution in [0.4, 0.5) is 0 Å². The second kappa shape index (κ2) is 9.30. The van der Waals surface area contributed by atoms with Crippen LogP contribution in [-0.2, 0) is 6.42 Å². The highest BCUT2D eigenvalue weighted by molar-refractivity contribution is 5.08. The maximum Gasteiger partial charge on any atom is 0.0935 e. The van der Waals surface area contributed by atoms with Crippen LogP contribution in [0.25, 0.3) is 0 Å². The lowest BCUT2D eigenvalue weighted by Crippen LogP contribution is -2.40. The fourth-order valence-electron chi connectivity index (χ4n) is 3.77. The van der Waals surface area contributed by atoms with Crippen LogP contribution >= 0.6 is 0 Å². The fourth-order valence-corrected chi connectivity index (χ4v) is 3.77. The van der Waals surface area contributed by atoms with E-state index in [0.29, 0.717) is 6.04 Å². The van der Waals surface area contributed by atoms with Gasteiger partial charge in [0.25, 0.3) is 0 Å². The van der Waals surface area contributed by atoms with Gasteiger partial charge in [0.2, 0.25) is 0 Å². The van der Waals surface area contributed by atoms with E-state index in [4.69, 9.17) is 4.42 Å². The normalized spacial score (nSPS) is 24.1. The van der Waals surface area contributed by atoms with Crippen molar-refractivity contribution in [2.24, 2.45) is 11.8 Å². The third kappa shape index (κ3) is 5.50. The molecular formula is C19H33NO. The molecule has 1 atom stereocenters. The molecule has 1 saturated carbocycles. The van der Waals surface area contributed by atoms with Gasteiger partial charge in [-0.15, -0.1) is 0 Å². The van der Waals surface area contributed by atoms with Crippen LogP contribution in [0.1, 0.15) is 70.8 Å². The summed E-state index contributed by atoms with van der Waals surface area (Å²) in [6.07, 6.45) is 16.0. The Balaban J connectivity index is 1.83. The minimum atomic E-state index is 0.634. The topological polar surface area (TPSA) is 25.2 Å².